The fraction of sp³-hybridized carbons (Fsp3) is 0.588. The van der Waals surface area contributed by atoms with Gasteiger partial charge in [0.05, 0.1) is 36.0 Å². The minimum atomic E-state index is -0.490. The van der Waals surface area contributed by atoms with Crippen LogP contribution in [-0.2, 0) is 4.74 Å². The van der Waals surface area contributed by atoms with Gasteiger partial charge in [0.25, 0.3) is 5.91 Å². The molecular weight excluding hydrogens is 322 g/mol. The third-order valence-electron chi connectivity index (χ3n) is 5.27. The average Bonchev–Trinajstić information content (AvgIpc) is 3.25. The first-order valence-electron chi connectivity index (χ1n) is 8.75. The Bertz CT molecular complexity index is 736. The van der Waals surface area contributed by atoms with Gasteiger partial charge in [-0.25, -0.2) is 0 Å². The van der Waals surface area contributed by atoms with Crippen LogP contribution in [0, 0.1) is 6.92 Å². The molecule has 0 radical (unpaired) electrons. The summed E-state index contributed by atoms with van der Waals surface area (Å²) >= 11 is 0. The van der Waals surface area contributed by atoms with Crippen LogP contribution in [0.4, 0.5) is 0 Å². The molecule has 8 heteroatoms. The zero-order valence-electron chi connectivity index (χ0n) is 14.2. The van der Waals surface area contributed by atoms with Gasteiger partial charge in [0.1, 0.15) is 0 Å². The largest absolute Gasteiger partial charge is 0.391 e. The lowest BCUT2D eigenvalue weighted by Crippen LogP contribution is -2.56. The van der Waals surface area contributed by atoms with E-state index in [1.54, 1.807) is 23.3 Å². The van der Waals surface area contributed by atoms with Gasteiger partial charge in [-0.2, -0.15) is 10.2 Å². The predicted octanol–water partition coefficient (Wildman–Crippen LogP) is 0.844. The maximum absolute atomic E-state index is 12.7. The molecule has 1 aliphatic carbocycles. The number of nitrogens with zero attached hydrogens (tertiary/aromatic N) is 4. The maximum atomic E-state index is 12.7. The van der Waals surface area contributed by atoms with Crippen molar-refractivity contribution in [3.8, 4) is 0 Å². The number of ether oxygens (including phenoxy) is 1. The molecular formula is C17H23N5O3. The Kier molecular flexibility index (Phi) is 4.30. The second-order valence-corrected chi connectivity index (χ2v) is 6.79. The van der Waals surface area contributed by atoms with E-state index in [2.05, 4.69) is 15.5 Å². The van der Waals surface area contributed by atoms with Crippen LogP contribution >= 0.6 is 0 Å². The van der Waals surface area contributed by atoms with Crippen LogP contribution in [-0.4, -0.2) is 55.9 Å². The third-order valence-corrected chi connectivity index (χ3v) is 5.27. The molecule has 1 amide bonds. The Morgan fingerprint density at radius 3 is 2.84 bits per heavy atom. The van der Waals surface area contributed by atoms with E-state index in [-0.39, 0.29) is 24.0 Å². The van der Waals surface area contributed by atoms with Crippen molar-refractivity contribution in [1.29, 1.82) is 0 Å². The van der Waals surface area contributed by atoms with Gasteiger partial charge in [-0.15, -0.1) is 0 Å². The topological polar surface area (TPSA) is 94.2 Å². The molecule has 1 aliphatic heterocycles. The summed E-state index contributed by atoms with van der Waals surface area (Å²) in [5.74, 6) is -0.148. The van der Waals surface area contributed by atoms with Crippen LogP contribution in [0.1, 0.15) is 47.4 Å². The minimum Gasteiger partial charge on any atom is -0.391 e. The van der Waals surface area contributed by atoms with Crippen molar-refractivity contribution in [1.82, 2.24) is 24.9 Å². The molecule has 2 aromatic rings. The van der Waals surface area contributed by atoms with Crippen LogP contribution in [0.15, 0.2) is 24.7 Å². The number of carbonyl (C=O) groups is 1. The van der Waals surface area contributed by atoms with Crippen LogP contribution in [0.3, 0.4) is 0 Å². The number of nitrogens with one attached hydrogen (secondary N) is 1. The Labute approximate surface area is 145 Å². The second kappa shape index (κ2) is 6.61. The van der Waals surface area contributed by atoms with Gasteiger partial charge in [-0.05, 0) is 32.3 Å². The summed E-state index contributed by atoms with van der Waals surface area (Å²) in [7, 11) is 0. The first-order chi connectivity index (χ1) is 12.1. The average molecular weight is 345 g/mol. The maximum Gasteiger partial charge on any atom is 0.255 e. The molecule has 2 aromatic heterocycles. The number of hydrogen-bond acceptors (Lipinski definition) is 5. The lowest BCUT2D eigenvalue weighted by molar-refractivity contribution is -0.00589. The molecule has 3 heterocycles. The van der Waals surface area contributed by atoms with Crippen molar-refractivity contribution < 1.29 is 14.6 Å². The Balaban J connectivity index is 1.46. The molecule has 3 atom stereocenters. The highest BCUT2D eigenvalue weighted by Crippen LogP contribution is 2.32. The Hall–Kier alpha value is -2.19. The van der Waals surface area contributed by atoms with Crippen LogP contribution in [0.2, 0.25) is 0 Å². The lowest BCUT2D eigenvalue weighted by atomic mass is 9.83. The first kappa shape index (κ1) is 16.3. The highest BCUT2D eigenvalue weighted by Gasteiger charge is 2.43. The smallest absolute Gasteiger partial charge is 0.255 e. The standard InChI is InChI=1S/C17H23N5O3/c1-11-13(10-19-22(11)12-3-7-25-8-4-12)17(24)20-14-9-15(23)16(14)21-6-2-5-18-21/h2,5-6,10,12,14-16,23H,3-4,7-9H2,1H3,(H,20,24)/t14-,15+,16+/m0/s1. The second-order valence-electron chi connectivity index (χ2n) is 6.79. The molecule has 4 rings (SSSR count). The molecule has 8 nitrogen and oxygen atoms in total. The number of aliphatic hydroxyl groups excluding tert-OH is 1. The normalized spacial score (nSPS) is 27.0. The molecule has 2 fully saturated rings. The molecule has 2 aliphatic rings. The van der Waals surface area contributed by atoms with E-state index in [9.17, 15) is 9.90 Å². The Morgan fingerprint density at radius 1 is 1.36 bits per heavy atom. The summed E-state index contributed by atoms with van der Waals surface area (Å²) in [4.78, 5) is 12.7. The first-order valence-corrected chi connectivity index (χ1v) is 8.75. The molecule has 25 heavy (non-hydrogen) atoms. The monoisotopic (exact) mass is 345 g/mol. The predicted molar refractivity (Wildman–Crippen MR) is 89.2 cm³/mol. The number of carbonyl (C=O) groups excluding carboxylic acids is 1. The molecule has 0 unspecified atom stereocenters. The van der Waals surface area contributed by atoms with E-state index >= 15 is 0 Å². The third kappa shape index (κ3) is 2.96. The molecule has 134 valence electrons. The van der Waals surface area contributed by atoms with E-state index in [0.29, 0.717) is 12.0 Å². The number of aliphatic hydroxyl groups is 1. The molecule has 0 aromatic carbocycles. The summed E-state index contributed by atoms with van der Waals surface area (Å²) in [6.07, 6.45) is 6.99. The van der Waals surface area contributed by atoms with Gasteiger partial charge in [-0.1, -0.05) is 0 Å². The zero-order chi connectivity index (χ0) is 17.4. The van der Waals surface area contributed by atoms with Crippen LogP contribution < -0.4 is 5.32 Å². The van der Waals surface area contributed by atoms with Gasteiger partial charge >= 0.3 is 0 Å². The fourth-order valence-electron chi connectivity index (χ4n) is 3.76. The number of hydrogen-bond donors (Lipinski definition) is 2. The quantitative estimate of drug-likeness (QED) is 0.856. The van der Waals surface area contributed by atoms with Gasteiger partial charge in [0.15, 0.2) is 0 Å². The summed E-state index contributed by atoms with van der Waals surface area (Å²) in [6.45, 7) is 3.39. The van der Waals surface area contributed by atoms with Crippen molar-refractivity contribution in [2.75, 3.05) is 13.2 Å². The molecule has 2 N–H and O–H groups in total. The van der Waals surface area contributed by atoms with E-state index < -0.39 is 6.10 Å². The van der Waals surface area contributed by atoms with Gasteiger partial charge in [0.2, 0.25) is 0 Å². The summed E-state index contributed by atoms with van der Waals surface area (Å²) in [5, 5.41) is 21.7. The van der Waals surface area contributed by atoms with Crippen molar-refractivity contribution >= 4 is 5.91 Å². The summed E-state index contributed by atoms with van der Waals surface area (Å²) < 4.78 is 9.04. The van der Waals surface area contributed by atoms with E-state index in [0.717, 1.165) is 31.7 Å². The number of amides is 1. The van der Waals surface area contributed by atoms with Gasteiger partial charge in [0, 0.05) is 31.3 Å². The van der Waals surface area contributed by atoms with Gasteiger partial charge < -0.3 is 15.2 Å². The highest BCUT2D eigenvalue weighted by molar-refractivity contribution is 5.95. The van der Waals surface area contributed by atoms with E-state index in [1.807, 2.05) is 17.7 Å². The lowest BCUT2D eigenvalue weighted by Gasteiger charge is -2.41. The Morgan fingerprint density at radius 2 is 2.16 bits per heavy atom. The van der Waals surface area contributed by atoms with Crippen LogP contribution in [0.5, 0.6) is 0 Å². The van der Waals surface area contributed by atoms with Crippen LogP contribution in [0.25, 0.3) is 0 Å². The van der Waals surface area contributed by atoms with Crippen molar-refractivity contribution in [2.45, 2.75) is 50.4 Å². The fourth-order valence-corrected chi connectivity index (χ4v) is 3.76. The highest BCUT2D eigenvalue weighted by atomic mass is 16.5. The van der Waals surface area contributed by atoms with Crippen molar-refractivity contribution in [2.24, 2.45) is 0 Å². The SMILES string of the molecule is Cc1c(C(=O)N[C@H]2C[C@@H](O)[C@@H]2n2cccn2)cnn1C1CCOCC1. The van der Waals surface area contributed by atoms with E-state index in [4.69, 9.17) is 4.74 Å². The molecule has 0 spiro atoms. The number of aromatic nitrogens is 4. The van der Waals surface area contributed by atoms with Crippen molar-refractivity contribution in [3.63, 3.8) is 0 Å². The zero-order valence-corrected chi connectivity index (χ0v) is 14.2. The summed E-state index contributed by atoms with van der Waals surface area (Å²) in [5.41, 5.74) is 1.46. The molecule has 1 saturated carbocycles. The van der Waals surface area contributed by atoms with Crippen molar-refractivity contribution in [3.05, 3.63) is 35.9 Å². The minimum absolute atomic E-state index is 0.131. The number of rotatable bonds is 4. The van der Waals surface area contributed by atoms with Gasteiger partial charge in [-0.3, -0.25) is 14.2 Å². The molecule has 0 bridgehead atoms. The van der Waals surface area contributed by atoms with E-state index in [1.165, 1.54) is 0 Å². The summed E-state index contributed by atoms with van der Waals surface area (Å²) in [6, 6.07) is 1.75. The molecule has 1 saturated heterocycles.